The van der Waals surface area contributed by atoms with E-state index in [9.17, 15) is 4.79 Å². The van der Waals surface area contributed by atoms with Crippen LogP contribution in [0.3, 0.4) is 0 Å². The Kier molecular flexibility index (Phi) is 5.01. The number of amides is 1. The van der Waals surface area contributed by atoms with Gasteiger partial charge in [0.05, 0.1) is 13.7 Å². The maximum absolute atomic E-state index is 12.1. The van der Waals surface area contributed by atoms with E-state index < -0.39 is 0 Å². The van der Waals surface area contributed by atoms with Crippen molar-refractivity contribution >= 4 is 5.91 Å². The standard InChI is InChI=1S/C16H24N2O2/c1-12(2)7-6-10-18-15(19)11-17-16(18)13-8-4-5-9-14(13)20-3/h4-5,8-9,12,16-17H,6-7,10-11H2,1-3H3. The molecule has 4 heteroatoms. The third kappa shape index (κ3) is 3.31. The highest BCUT2D eigenvalue weighted by atomic mass is 16.5. The second-order valence-corrected chi connectivity index (χ2v) is 5.65. The Morgan fingerprint density at radius 1 is 1.40 bits per heavy atom. The van der Waals surface area contributed by atoms with Crippen LogP contribution in [-0.4, -0.2) is 31.0 Å². The summed E-state index contributed by atoms with van der Waals surface area (Å²) in [6.45, 7) is 5.63. The van der Waals surface area contributed by atoms with Gasteiger partial charge in [-0.3, -0.25) is 10.1 Å². The van der Waals surface area contributed by atoms with Crippen molar-refractivity contribution < 1.29 is 9.53 Å². The average molecular weight is 276 g/mol. The van der Waals surface area contributed by atoms with Crippen molar-refractivity contribution in [2.45, 2.75) is 32.9 Å². The fraction of sp³-hybridized carbons (Fsp3) is 0.562. The zero-order valence-corrected chi connectivity index (χ0v) is 12.6. The van der Waals surface area contributed by atoms with Crippen molar-refractivity contribution in [3.8, 4) is 5.75 Å². The van der Waals surface area contributed by atoms with Crippen LogP contribution in [-0.2, 0) is 4.79 Å². The number of methoxy groups -OCH3 is 1. The minimum atomic E-state index is -0.0641. The lowest BCUT2D eigenvalue weighted by Gasteiger charge is -2.26. The topological polar surface area (TPSA) is 41.6 Å². The number of benzene rings is 1. The molecule has 0 saturated carbocycles. The smallest absolute Gasteiger partial charge is 0.238 e. The van der Waals surface area contributed by atoms with Crippen LogP contribution >= 0.6 is 0 Å². The van der Waals surface area contributed by atoms with E-state index in [0.717, 1.165) is 30.7 Å². The fourth-order valence-corrected chi connectivity index (χ4v) is 2.63. The van der Waals surface area contributed by atoms with E-state index in [1.807, 2.05) is 29.2 Å². The molecule has 0 spiro atoms. The van der Waals surface area contributed by atoms with Crippen LogP contribution in [0, 0.1) is 5.92 Å². The van der Waals surface area contributed by atoms with E-state index in [0.29, 0.717) is 12.5 Å². The van der Waals surface area contributed by atoms with Gasteiger partial charge in [-0.15, -0.1) is 0 Å². The van der Waals surface area contributed by atoms with Crippen molar-refractivity contribution in [1.82, 2.24) is 10.2 Å². The summed E-state index contributed by atoms with van der Waals surface area (Å²) in [5.41, 5.74) is 1.03. The van der Waals surface area contributed by atoms with Crippen LogP contribution in [0.25, 0.3) is 0 Å². The molecule has 1 aliphatic heterocycles. The normalized spacial score (nSPS) is 18.9. The predicted octanol–water partition coefficient (Wildman–Crippen LogP) is 2.56. The monoisotopic (exact) mass is 276 g/mol. The Morgan fingerprint density at radius 2 is 2.15 bits per heavy atom. The lowest BCUT2D eigenvalue weighted by atomic mass is 10.1. The van der Waals surface area contributed by atoms with E-state index in [-0.39, 0.29) is 12.1 Å². The molecule has 110 valence electrons. The van der Waals surface area contributed by atoms with Crippen LogP contribution in [0.1, 0.15) is 38.4 Å². The minimum Gasteiger partial charge on any atom is -0.496 e. The number of ether oxygens (including phenoxy) is 1. The summed E-state index contributed by atoms with van der Waals surface area (Å²) in [7, 11) is 1.67. The van der Waals surface area contributed by atoms with Gasteiger partial charge in [0.25, 0.3) is 0 Å². The molecule has 4 nitrogen and oxygen atoms in total. The molecule has 1 saturated heterocycles. The molecule has 1 aromatic carbocycles. The van der Waals surface area contributed by atoms with Crippen molar-refractivity contribution in [2.75, 3.05) is 20.2 Å². The van der Waals surface area contributed by atoms with Crippen LogP contribution in [0.4, 0.5) is 0 Å². The molecule has 20 heavy (non-hydrogen) atoms. The third-order valence-corrected chi connectivity index (χ3v) is 3.69. The fourth-order valence-electron chi connectivity index (χ4n) is 2.63. The molecule has 0 aromatic heterocycles. The van der Waals surface area contributed by atoms with Gasteiger partial charge >= 0.3 is 0 Å². The molecule has 1 heterocycles. The van der Waals surface area contributed by atoms with Gasteiger partial charge in [-0.05, 0) is 24.8 Å². The first-order chi connectivity index (χ1) is 9.63. The van der Waals surface area contributed by atoms with Crippen molar-refractivity contribution in [3.05, 3.63) is 29.8 Å². The van der Waals surface area contributed by atoms with E-state index >= 15 is 0 Å². The Morgan fingerprint density at radius 3 is 2.85 bits per heavy atom. The summed E-state index contributed by atoms with van der Waals surface area (Å²) >= 11 is 0. The summed E-state index contributed by atoms with van der Waals surface area (Å²) in [4.78, 5) is 14.0. The summed E-state index contributed by atoms with van der Waals surface area (Å²) in [6, 6.07) is 7.88. The van der Waals surface area contributed by atoms with Gasteiger partial charge < -0.3 is 9.64 Å². The van der Waals surface area contributed by atoms with E-state index in [1.165, 1.54) is 0 Å². The summed E-state index contributed by atoms with van der Waals surface area (Å²) in [5, 5.41) is 3.28. The number of carbonyl (C=O) groups excluding carboxylic acids is 1. The number of hydrogen-bond donors (Lipinski definition) is 1. The van der Waals surface area contributed by atoms with Gasteiger partial charge in [0.2, 0.25) is 5.91 Å². The molecule has 0 aliphatic carbocycles. The molecular formula is C16H24N2O2. The molecule has 1 atom stereocenters. The predicted molar refractivity (Wildman–Crippen MR) is 79.5 cm³/mol. The lowest BCUT2D eigenvalue weighted by Crippen LogP contribution is -2.31. The Labute approximate surface area is 121 Å². The van der Waals surface area contributed by atoms with Gasteiger partial charge in [-0.2, -0.15) is 0 Å². The molecule has 0 bridgehead atoms. The number of nitrogens with zero attached hydrogens (tertiary/aromatic N) is 1. The second-order valence-electron chi connectivity index (χ2n) is 5.65. The zero-order chi connectivity index (χ0) is 14.5. The van der Waals surface area contributed by atoms with Crippen LogP contribution in [0.15, 0.2) is 24.3 Å². The van der Waals surface area contributed by atoms with Crippen molar-refractivity contribution in [3.63, 3.8) is 0 Å². The zero-order valence-electron chi connectivity index (χ0n) is 12.6. The highest BCUT2D eigenvalue weighted by Gasteiger charge is 2.32. The average Bonchev–Trinajstić information content (AvgIpc) is 2.80. The molecule has 1 unspecified atom stereocenters. The largest absolute Gasteiger partial charge is 0.496 e. The van der Waals surface area contributed by atoms with Gasteiger partial charge in [-0.25, -0.2) is 0 Å². The van der Waals surface area contributed by atoms with E-state index in [2.05, 4.69) is 19.2 Å². The van der Waals surface area contributed by atoms with Crippen LogP contribution in [0.5, 0.6) is 5.75 Å². The number of hydrogen-bond acceptors (Lipinski definition) is 3. The molecule has 1 amide bonds. The lowest BCUT2D eigenvalue weighted by molar-refractivity contribution is -0.128. The molecule has 1 fully saturated rings. The highest BCUT2D eigenvalue weighted by Crippen LogP contribution is 2.30. The van der Waals surface area contributed by atoms with E-state index in [1.54, 1.807) is 7.11 Å². The second kappa shape index (κ2) is 6.75. The van der Waals surface area contributed by atoms with Crippen LogP contribution in [0.2, 0.25) is 0 Å². The summed E-state index contributed by atoms with van der Waals surface area (Å²) in [5.74, 6) is 1.67. The van der Waals surface area contributed by atoms with Gasteiger partial charge in [0.1, 0.15) is 11.9 Å². The first kappa shape index (κ1) is 14.9. The summed E-state index contributed by atoms with van der Waals surface area (Å²) in [6.07, 6.45) is 2.12. The highest BCUT2D eigenvalue weighted by molar-refractivity contribution is 5.81. The maximum atomic E-state index is 12.1. The number of carbonyl (C=O) groups is 1. The quantitative estimate of drug-likeness (QED) is 0.868. The first-order valence-corrected chi connectivity index (χ1v) is 7.29. The minimum absolute atomic E-state index is 0.0641. The number of nitrogens with one attached hydrogen (secondary N) is 1. The Hall–Kier alpha value is -1.55. The van der Waals surface area contributed by atoms with Crippen LogP contribution < -0.4 is 10.1 Å². The van der Waals surface area contributed by atoms with Gasteiger partial charge in [0, 0.05) is 12.1 Å². The SMILES string of the molecule is COc1ccccc1C1NCC(=O)N1CCCC(C)C. The van der Waals surface area contributed by atoms with Crippen molar-refractivity contribution in [1.29, 1.82) is 0 Å². The first-order valence-electron chi connectivity index (χ1n) is 7.29. The molecule has 1 aliphatic rings. The molecule has 0 radical (unpaired) electrons. The molecule has 1 N–H and O–H groups in total. The Balaban J connectivity index is 2.11. The molecule has 2 rings (SSSR count). The maximum Gasteiger partial charge on any atom is 0.238 e. The number of para-hydroxylation sites is 1. The third-order valence-electron chi connectivity index (χ3n) is 3.69. The Bertz CT molecular complexity index is 460. The molecular weight excluding hydrogens is 252 g/mol. The number of rotatable bonds is 6. The van der Waals surface area contributed by atoms with Gasteiger partial charge in [0.15, 0.2) is 0 Å². The van der Waals surface area contributed by atoms with E-state index in [4.69, 9.17) is 4.74 Å². The van der Waals surface area contributed by atoms with Gasteiger partial charge in [-0.1, -0.05) is 32.0 Å². The summed E-state index contributed by atoms with van der Waals surface area (Å²) < 4.78 is 5.41. The molecule has 1 aromatic rings. The van der Waals surface area contributed by atoms with Crippen molar-refractivity contribution in [2.24, 2.45) is 5.92 Å².